The van der Waals surface area contributed by atoms with Crippen molar-refractivity contribution < 1.29 is 4.79 Å². The fourth-order valence-corrected chi connectivity index (χ4v) is 3.65. The fourth-order valence-electron chi connectivity index (χ4n) is 2.86. The van der Waals surface area contributed by atoms with Gasteiger partial charge in [-0.1, -0.05) is 30.0 Å². The molecular weight excluding hydrogens is 332 g/mol. The van der Waals surface area contributed by atoms with Crippen LogP contribution in [0.3, 0.4) is 0 Å². The Bertz CT molecular complexity index is 898. The summed E-state index contributed by atoms with van der Waals surface area (Å²) in [6, 6.07) is 13.7. The molecule has 25 heavy (non-hydrogen) atoms. The third-order valence-corrected chi connectivity index (χ3v) is 4.78. The van der Waals surface area contributed by atoms with Crippen molar-refractivity contribution in [3.8, 4) is 5.69 Å². The van der Waals surface area contributed by atoms with Gasteiger partial charge in [0, 0.05) is 34.4 Å². The molecule has 0 aliphatic carbocycles. The molecule has 0 unspecified atom stereocenters. The molecule has 2 N–H and O–H groups in total. The zero-order valence-corrected chi connectivity index (χ0v) is 15.3. The number of para-hydroxylation sites is 1. The molecule has 0 saturated heterocycles. The minimum absolute atomic E-state index is 0.0592. The lowest BCUT2D eigenvalue weighted by Crippen LogP contribution is -2.06. The maximum atomic E-state index is 12.7. The molecule has 0 amide bonds. The van der Waals surface area contributed by atoms with Crippen LogP contribution >= 0.6 is 11.8 Å². The Morgan fingerprint density at radius 2 is 1.84 bits per heavy atom. The molecule has 0 fully saturated rings. The van der Waals surface area contributed by atoms with E-state index in [9.17, 15) is 4.79 Å². The average molecular weight is 352 g/mol. The number of hydrogen-bond donors (Lipinski definition) is 1. The van der Waals surface area contributed by atoms with Gasteiger partial charge in [0.1, 0.15) is 5.82 Å². The number of thioether (sulfide) groups is 1. The smallest absolute Gasteiger partial charge is 0.190 e. The highest BCUT2D eigenvalue weighted by Gasteiger charge is 2.17. The van der Waals surface area contributed by atoms with Crippen molar-refractivity contribution in [1.82, 2.24) is 14.5 Å². The largest absolute Gasteiger partial charge is 0.384 e. The lowest BCUT2D eigenvalue weighted by molar-refractivity contribution is 0.102. The van der Waals surface area contributed by atoms with Crippen LogP contribution in [0.15, 0.2) is 47.6 Å². The topological polar surface area (TPSA) is 73.8 Å². The number of hydrogen-bond acceptors (Lipinski definition) is 5. The Balaban J connectivity index is 1.81. The minimum Gasteiger partial charge on any atom is -0.384 e. The van der Waals surface area contributed by atoms with Crippen LogP contribution in [0.2, 0.25) is 0 Å². The number of anilines is 1. The van der Waals surface area contributed by atoms with Crippen molar-refractivity contribution in [2.75, 3.05) is 11.5 Å². The molecular formula is C19H20N4OS. The Labute approximate surface area is 151 Å². The molecule has 0 aliphatic rings. The Hall–Kier alpha value is -2.60. The van der Waals surface area contributed by atoms with Crippen LogP contribution in [-0.2, 0) is 0 Å². The first kappa shape index (κ1) is 17.2. The second kappa shape index (κ2) is 7.11. The standard InChI is InChI=1S/C19H20N4OS/c1-12-9-18(20)22-19(21-12)25-11-17(24)16-10-13(2)23(14(16)3)15-7-5-4-6-8-15/h4-10H,11H2,1-3H3,(H2,20,21,22). The van der Waals surface area contributed by atoms with Crippen LogP contribution in [0, 0.1) is 20.8 Å². The maximum Gasteiger partial charge on any atom is 0.190 e. The Morgan fingerprint density at radius 1 is 1.12 bits per heavy atom. The first-order chi connectivity index (χ1) is 12.0. The van der Waals surface area contributed by atoms with Crippen LogP contribution in [0.1, 0.15) is 27.4 Å². The van der Waals surface area contributed by atoms with Crippen molar-refractivity contribution in [1.29, 1.82) is 0 Å². The SMILES string of the molecule is Cc1cc(N)nc(SCC(=O)c2cc(C)n(-c3ccccc3)c2C)n1. The minimum atomic E-state index is 0.0592. The van der Waals surface area contributed by atoms with Crippen molar-refractivity contribution in [2.24, 2.45) is 0 Å². The van der Waals surface area contributed by atoms with Crippen molar-refractivity contribution in [3.05, 3.63) is 65.1 Å². The predicted octanol–water partition coefficient (Wildman–Crippen LogP) is 3.75. The van der Waals surface area contributed by atoms with Crippen molar-refractivity contribution in [2.45, 2.75) is 25.9 Å². The van der Waals surface area contributed by atoms with Gasteiger partial charge < -0.3 is 10.3 Å². The van der Waals surface area contributed by atoms with E-state index in [-0.39, 0.29) is 11.5 Å². The van der Waals surface area contributed by atoms with E-state index >= 15 is 0 Å². The number of carbonyl (C=O) groups is 1. The van der Waals surface area contributed by atoms with Gasteiger partial charge in [-0.3, -0.25) is 4.79 Å². The summed E-state index contributed by atoms with van der Waals surface area (Å²) in [7, 11) is 0. The second-order valence-electron chi connectivity index (χ2n) is 5.88. The fraction of sp³-hybridized carbons (Fsp3) is 0.211. The van der Waals surface area contributed by atoms with E-state index in [1.165, 1.54) is 11.8 Å². The van der Waals surface area contributed by atoms with Crippen LogP contribution in [0.25, 0.3) is 5.69 Å². The van der Waals surface area contributed by atoms with Crippen LogP contribution in [0.4, 0.5) is 5.82 Å². The summed E-state index contributed by atoms with van der Waals surface area (Å²) in [6.45, 7) is 5.84. The van der Waals surface area contributed by atoms with E-state index in [4.69, 9.17) is 5.73 Å². The number of rotatable bonds is 5. The van der Waals surface area contributed by atoms with Gasteiger partial charge in [-0.2, -0.15) is 0 Å². The molecule has 2 aromatic heterocycles. The van der Waals surface area contributed by atoms with E-state index in [2.05, 4.69) is 14.5 Å². The summed E-state index contributed by atoms with van der Waals surface area (Å²) >= 11 is 1.31. The number of nitrogen functional groups attached to an aromatic ring is 1. The molecule has 128 valence electrons. The molecule has 2 heterocycles. The molecule has 0 radical (unpaired) electrons. The van der Waals surface area contributed by atoms with Gasteiger partial charge in [0.05, 0.1) is 5.75 Å². The number of carbonyl (C=O) groups excluding carboxylic acids is 1. The van der Waals surface area contributed by atoms with Gasteiger partial charge in [0.15, 0.2) is 10.9 Å². The molecule has 6 heteroatoms. The number of aryl methyl sites for hydroxylation is 2. The van der Waals surface area contributed by atoms with Gasteiger partial charge in [0.2, 0.25) is 0 Å². The van der Waals surface area contributed by atoms with Crippen LogP contribution in [0.5, 0.6) is 0 Å². The molecule has 1 aromatic carbocycles. The van der Waals surface area contributed by atoms with Gasteiger partial charge in [0.25, 0.3) is 0 Å². The monoisotopic (exact) mass is 352 g/mol. The first-order valence-electron chi connectivity index (χ1n) is 7.97. The van der Waals surface area contributed by atoms with E-state index in [0.29, 0.717) is 11.0 Å². The highest BCUT2D eigenvalue weighted by molar-refractivity contribution is 7.99. The normalized spacial score (nSPS) is 10.8. The summed E-state index contributed by atoms with van der Waals surface area (Å²) in [5.41, 5.74) is 10.3. The summed E-state index contributed by atoms with van der Waals surface area (Å²) in [5, 5.41) is 0.530. The first-order valence-corrected chi connectivity index (χ1v) is 8.96. The second-order valence-corrected chi connectivity index (χ2v) is 6.83. The molecule has 3 rings (SSSR count). The summed E-state index contributed by atoms with van der Waals surface area (Å²) in [4.78, 5) is 21.2. The molecule has 0 spiro atoms. The van der Waals surface area contributed by atoms with Crippen LogP contribution < -0.4 is 5.73 Å². The third kappa shape index (κ3) is 3.74. The van der Waals surface area contributed by atoms with Crippen molar-refractivity contribution >= 4 is 23.4 Å². The lowest BCUT2D eigenvalue weighted by atomic mass is 10.2. The van der Waals surface area contributed by atoms with Gasteiger partial charge >= 0.3 is 0 Å². The van der Waals surface area contributed by atoms with E-state index in [1.807, 2.05) is 57.2 Å². The summed E-state index contributed by atoms with van der Waals surface area (Å²) in [5.74, 6) is 0.760. The summed E-state index contributed by atoms with van der Waals surface area (Å²) < 4.78 is 2.10. The highest BCUT2D eigenvalue weighted by Crippen LogP contribution is 2.23. The molecule has 0 aliphatic heterocycles. The Morgan fingerprint density at radius 3 is 2.52 bits per heavy atom. The third-order valence-electron chi connectivity index (χ3n) is 3.93. The lowest BCUT2D eigenvalue weighted by Gasteiger charge is -2.09. The molecule has 0 saturated carbocycles. The highest BCUT2D eigenvalue weighted by atomic mass is 32.2. The van der Waals surface area contributed by atoms with Crippen molar-refractivity contribution in [3.63, 3.8) is 0 Å². The average Bonchev–Trinajstić information content (AvgIpc) is 2.87. The van der Waals surface area contributed by atoms with E-state index < -0.39 is 0 Å². The number of Topliss-reactive ketones (excluding diaryl/α,β-unsaturated/α-hetero) is 1. The molecule has 0 atom stereocenters. The number of nitrogens with two attached hydrogens (primary N) is 1. The quantitative estimate of drug-likeness (QED) is 0.430. The number of aromatic nitrogens is 3. The van der Waals surface area contributed by atoms with Gasteiger partial charge in [-0.25, -0.2) is 9.97 Å². The predicted molar refractivity (Wildman–Crippen MR) is 101 cm³/mol. The molecule has 5 nitrogen and oxygen atoms in total. The zero-order valence-electron chi connectivity index (χ0n) is 14.5. The zero-order chi connectivity index (χ0) is 18.0. The maximum absolute atomic E-state index is 12.7. The summed E-state index contributed by atoms with van der Waals surface area (Å²) in [6.07, 6.45) is 0. The van der Waals surface area contributed by atoms with Gasteiger partial charge in [-0.05, 0) is 39.0 Å². The van der Waals surface area contributed by atoms with E-state index in [1.54, 1.807) is 6.07 Å². The Kier molecular flexibility index (Phi) is 4.90. The van der Waals surface area contributed by atoms with Crippen LogP contribution in [-0.4, -0.2) is 26.1 Å². The number of benzene rings is 1. The van der Waals surface area contributed by atoms with Gasteiger partial charge in [-0.15, -0.1) is 0 Å². The number of ketones is 1. The number of nitrogens with zero attached hydrogens (tertiary/aromatic N) is 3. The molecule has 3 aromatic rings. The van der Waals surface area contributed by atoms with E-state index in [0.717, 1.165) is 28.3 Å². The molecule has 0 bridgehead atoms.